The third kappa shape index (κ3) is 3.31. The van der Waals surface area contributed by atoms with E-state index in [1.165, 1.54) is 16.7 Å². The molecule has 2 N–H and O–H groups in total. The number of nitrogens with zero attached hydrogens (tertiary/aromatic N) is 2. The van der Waals surface area contributed by atoms with Crippen molar-refractivity contribution in [1.29, 1.82) is 0 Å². The highest BCUT2D eigenvalue weighted by molar-refractivity contribution is 5.74. The van der Waals surface area contributed by atoms with Gasteiger partial charge in [-0.1, -0.05) is 48.5 Å². The van der Waals surface area contributed by atoms with Crippen molar-refractivity contribution in [3.05, 3.63) is 66.5 Å². The van der Waals surface area contributed by atoms with E-state index >= 15 is 0 Å². The number of amides is 1. The van der Waals surface area contributed by atoms with Gasteiger partial charge in [0.2, 0.25) is 5.91 Å². The van der Waals surface area contributed by atoms with E-state index < -0.39 is 0 Å². The Balaban J connectivity index is 1.87. The minimum atomic E-state index is -0.306. The van der Waals surface area contributed by atoms with E-state index in [9.17, 15) is 4.79 Å². The summed E-state index contributed by atoms with van der Waals surface area (Å²) in [6.45, 7) is 2.66. The van der Waals surface area contributed by atoms with Gasteiger partial charge in [0.1, 0.15) is 5.82 Å². The molecule has 0 atom stereocenters. The Bertz CT molecular complexity index is 819. The molecule has 0 aliphatic heterocycles. The molecule has 0 unspecified atom stereocenters. The molecule has 1 heterocycles. The number of benzene rings is 2. The Morgan fingerprint density at radius 1 is 1.09 bits per heavy atom. The van der Waals surface area contributed by atoms with Crippen LogP contribution in [-0.4, -0.2) is 15.5 Å². The molecule has 4 nitrogen and oxygen atoms in total. The van der Waals surface area contributed by atoms with Crippen molar-refractivity contribution < 1.29 is 4.79 Å². The quantitative estimate of drug-likeness (QED) is 0.785. The van der Waals surface area contributed by atoms with Crippen LogP contribution in [0.1, 0.15) is 12.0 Å². The van der Waals surface area contributed by atoms with Crippen molar-refractivity contribution in [3.8, 4) is 22.5 Å². The van der Waals surface area contributed by atoms with Crippen LogP contribution >= 0.6 is 0 Å². The molecule has 1 aromatic heterocycles. The Labute approximate surface area is 135 Å². The number of imidazole rings is 1. The Kier molecular flexibility index (Phi) is 4.24. The van der Waals surface area contributed by atoms with E-state index in [0.29, 0.717) is 13.0 Å². The first-order valence-electron chi connectivity index (χ1n) is 7.61. The van der Waals surface area contributed by atoms with E-state index in [2.05, 4.69) is 48.3 Å². The van der Waals surface area contributed by atoms with Crippen LogP contribution in [0.5, 0.6) is 0 Å². The molecule has 23 heavy (non-hydrogen) atoms. The summed E-state index contributed by atoms with van der Waals surface area (Å²) in [5.74, 6) is 0.544. The smallest absolute Gasteiger partial charge is 0.219 e. The summed E-state index contributed by atoms with van der Waals surface area (Å²) in [5.41, 5.74) is 9.92. The first-order valence-corrected chi connectivity index (χ1v) is 7.61. The molecule has 1 amide bonds. The number of rotatable bonds is 5. The van der Waals surface area contributed by atoms with Crippen LogP contribution in [0.2, 0.25) is 0 Å². The Morgan fingerprint density at radius 2 is 1.78 bits per heavy atom. The van der Waals surface area contributed by atoms with Gasteiger partial charge in [-0.15, -0.1) is 0 Å². The second-order valence-corrected chi connectivity index (χ2v) is 5.55. The third-order valence-corrected chi connectivity index (χ3v) is 3.91. The van der Waals surface area contributed by atoms with Crippen molar-refractivity contribution in [2.24, 2.45) is 5.73 Å². The monoisotopic (exact) mass is 305 g/mol. The fourth-order valence-corrected chi connectivity index (χ4v) is 2.68. The van der Waals surface area contributed by atoms with Crippen LogP contribution in [0, 0.1) is 6.92 Å². The molecular weight excluding hydrogens is 286 g/mol. The lowest BCUT2D eigenvalue weighted by Gasteiger charge is -2.09. The van der Waals surface area contributed by atoms with Crippen molar-refractivity contribution >= 4 is 5.91 Å². The molecule has 0 saturated carbocycles. The standard InChI is InChI=1S/C19H19N3O/c1-14-4-2-3-5-17(14)15-6-8-16(9-7-15)19-21-11-13-22(19)12-10-18(20)23/h2-9,11,13H,10,12H2,1H3,(H2,20,23). The molecule has 116 valence electrons. The van der Waals surface area contributed by atoms with Crippen LogP contribution in [0.3, 0.4) is 0 Å². The van der Waals surface area contributed by atoms with E-state index in [-0.39, 0.29) is 5.91 Å². The molecular formula is C19H19N3O. The molecule has 0 fully saturated rings. The van der Waals surface area contributed by atoms with Crippen molar-refractivity contribution in [1.82, 2.24) is 9.55 Å². The lowest BCUT2D eigenvalue weighted by molar-refractivity contribution is -0.118. The number of nitrogens with two attached hydrogens (primary N) is 1. The number of hydrogen-bond donors (Lipinski definition) is 1. The van der Waals surface area contributed by atoms with Crippen molar-refractivity contribution in [3.63, 3.8) is 0 Å². The highest BCUT2D eigenvalue weighted by Gasteiger charge is 2.08. The zero-order valence-electron chi connectivity index (χ0n) is 13.1. The van der Waals surface area contributed by atoms with Gasteiger partial charge in [0, 0.05) is 30.9 Å². The molecule has 3 aromatic rings. The summed E-state index contributed by atoms with van der Waals surface area (Å²) in [4.78, 5) is 15.4. The molecule has 2 aromatic carbocycles. The maximum Gasteiger partial charge on any atom is 0.219 e. The predicted molar refractivity (Wildman–Crippen MR) is 91.6 cm³/mol. The molecule has 0 aliphatic carbocycles. The maximum atomic E-state index is 11.0. The van der Waals surface area contributed by atoms with Gasteiger partial charge >= 0.3 is 0 Å². The van der Waals surface area contributed by atoms with E-state index in [1.807, 2.05) is 22.9 Å². The van der Waals surface area contributed by atoms with Crippen LogP contribution in [0.4, 0.5) is 0 Å². The van der Waals surface area contributed by atoms with E-state index in [0.717, 1.165) is 11.4 Å². The number of primary amides is 1. The number of carbonyl (C=O) groups excluding carboxylic acids is 1. The molecule has 0 bridgehead atoms. The molecule has 0 saturated heterocycles. The molecule has 0 radical (unpaired) electrons. The Hall–Kier alpha value is -2.88. The minimum absolute atomic E-state index is 0.306. The van der Waals surface area contributed by atoms with Crippen LogP contribution in [-0.2, 0) is 11.3 Å². The average molecular weight is 305 g/mol. The highest BCUT2D eigenvalue weighted by Crippen LogP contribution is 2.26. The van der Waals surface area contributed by atoms with Gasteiger partial charge in [-0.2, -0.15) is 0 Å². The Morgan fingerprint density at radius 3 is 2.48 bits per heavy atom. The highest BCUT2D eigenvalue weighted by atomic mass is 16.1. The summed E-state index contributed by atoms with van der Waals surface area (Å²) in [7, 11) is 0. The summed E-state index contributed by atoms with van der Waals surface area (Å²) in [6.07, 6.45) is 3.92. The third-order valence-electron chi connectivity index (χ3n) is 3.91. The SMILES string of the molecule is Cc1ccccc1-c1ccc(-c2nccn2CCC(N)=O)cc1. The molecule has 4 heteroatoms. The number of aromatic nitrogens is 2. The molecule has 0 spiro atoms. The number of carbonyl (C=O) groups is 1. The zero-order chi connectivity index (χ0) is 16.2. The largest absolute Gasteiger partial charge is 0.370 e. The minimum Gasteiger partial charge on any atom is -0.370 e. The average Bonchev–Trinajstić information content (AvgIpc) is 3.02. The van der Waals surface area contributed by atoms with Gasteiger partial charge in [0.15, 0.2) is 0 Å². The summed E-state index contributed by atoms with van der Waals surface area (Å²) in [5, 5.41) is 0. The normalized spacial score (nSPS) is 10.7. The van der Waals surface area contributed by atoms with Gasteiger partial charge in [0.05, 0.1) is 0 Å². The van der Waals surface area contributed by atoms with E-state index in [1.54, 1.807) is 6.20 Å². The lowest BCUT2D eigenvalue weighted by Crippen LogP contribution is -2.14. The van der Waals surface area contributed by atoms with Gasteiger partial charge in [-0.3, -0.25) is 4.79 Å². The zero-order valence-corrected chi connectivity index (χ0v) is 13.1. The van der Waals surface area contributed by atoms with Crippen LogP contribution in [0.15, 0.2) is 60.9 Å². The van der Waals surface area contributed by atoms with Gasteiger partial charge in [-0.05, 0) is 23.6 Å². The summed E-state index contributed by atoms with van der Waals surface area (Å²) < 4.78 is 1.95. The molecule has 3 rings (SSSR count). The summed E-state index contributed by atoms with van der Waals surface area (Å²) in [6, 6.07) is 16.7. The van der Waals surface area contributed by atoms with Gasteiger partial charge in [0.25, 0.3) is 0 Å². The fraction of sp³-hybridized carbons (Fsp3) is 0.158. The second-order valence-electron chi connectivity index (χ2n) is 5.55. The second kappa shape index (κ2) is 6.48. The first-order chi connectivity index (χ1) is 11.1. The maximum absolute atomic E-state index is 11.0. The van der Waals surface area contributed by atoms with E-state index in [4.69, 9.17) is 5.73 Å². The van der Waals surface area contributed by atoms with Crippen molar-refractivity contribution in [2.45, 2.75) is 19.9 Å². The predicted octanol–water partition coefficient (Wildman–Crippen LogP) is 3.40. The lowest BCUT2D eigenvalue weighted by atomic mass is 9.99. The number of hydrogen-bond acceptors (Lipinski definition) is 2. The van der Waals surface area contributed by atoms with Crippen LogP contribution < -0.4 is 5.73 Å². The van der Waals surface area contributed by atoms with Crippen LogP contribution in [0.25, 0.3) is 22.5 Å². The number of aryl methyl sites for hydroxylation is 2. The van der Waals surface area contributed by atoms with Gasteiger partial charge in [-0.25, -0.2) is 4.98 Å². The summed E-state index contributed by atoms with van der Waals surface area (Å²) >= 11 is 0. The van der Waals surface area contributed by atoms with Crippen molar-refractivity contribution in [2.75, 3.05) is 0 Å². The molecule has 0 aliphatic rings. The topological polar surface area (TPSA) is 60.9 Å². The van der Waals surface area contributed by atoms with Gasteiger partial charge < -0.3 is 10.3 Å². The first kappa shape index (κ1) is 15.0. The fourth-order valence-electron chi connectivity index (χ4n) is 2.68.